The molecule has 0 spiro atoms. The van der Waals surface area contributed by atoms with Gasteiger partial charge in [-0.25, -0.2) is 4.98 Å². The van der Waals surface area contributed by atoms with Crippen LogP contribution in [0, 0.1) is 0 Å². The second kappa shape index (κ2) is 10.5. The minimum Gasteiger partial charge on any atom is -0.497 e. The molecule has 3 N–H and O–H groups in total. The van der Waals surface area contributed by atoms with Gasteiger partial charge in [-0.2, -0.15) is 4.98 Å². The van der Waals surface area contributed by atoms with Crippen LogP contribution in [0.15, 0.2) is 48.7 Å². The minimum absolute atomic E-state index is 0.267. The number of nitrogens with zero attached hydrogens (tertiary/aromatic N) is 2. The number of hydrogen-bond donors (Lipinski definition) is 3. The lowest BCUT2D eigenvalue weighted by Gasteiger charge is -2.19. The van der Waals surface area contributed by atoms with E-state index in [1.165, 1.54) is 20.4 Å². The molecule has 3 rings (SSSR count). The molecule has 0 amide bonds. The van der Waals surface area contributed by atoms with Crippen molar-refractivity contribution in [3.05, 3.63) is 53.7 Å². The van der Waals surface area contributed by atoms with Crippen LogP contribution in [0.2, 0.25) is 5.02 Å². The molecule has 0 atom stereocenters. The third-order valence-corrected chi connectivity index (χ3v) is 6.61. The number of aromatic nitrogens is 2. The van der Waals surface area contributed by atoms with Crippen molar-refractivity contribution in [1.82, 2.24) is 9.97 Å². The zero-order chi connectivity index (χ0) is 23.1. The molecule has 0 radical (unpaired) electrons. The smallest absolute Gasteiger partial charge is 0.362 e. The average Bonchev–Trinajstić information content (AvgIpc) is 2.84. The summed E-state index contributed by atoms with van der Waals surface area (Å²) in [4.78, 5) is 8.58. The molecule has 32 heavy (non-hydrogen) atoms. The maximum Gasteiger partial charge on any atom is 0.362 e. The monoisotopic (exact) mass is 479 g/mol. The molecule has 0 bridgehead atoms. The summed E-state index contributed by atoms with van der Waals surface area (Å²) in [5.74, 6) is 1.77. The van der Waals surface area contributed by atoms with E-state index < -0.39 is 7.60 Å². The molecular weight excluding hydrogens is 457 g/mol. The van der Waals surface area contributed by atoms with Crippen molar-refractivity contribution in [2.24, 2.45) is 0 Å². The molecule has 3 aromatic rings. The highest BCUT2D eigenvalue weighted by Crippen LogP contribution is 2.47. The molecule has 1 heterocycles. The summed E-state index contributed by atoms with van der Waals surface area (Å²) in [5, 5.41) is 3.70. The SMILES string of the molecule is COc1ccc(Nc2ncc(Cl)c(NNc3ccccc3P(=O)(OC)OC)n2)c(OC)c1. The number of hydrazine groups is 1. The van der Waals surface area contributed by atoms with Crippen molar-refractivity contribution >= 4 is 47.6 Å². The largest absolute Gasteiger partial charge is 0.497 e. The van der Waals surface area contributed by atoms with E-state index in [-0.39, 0.29) is 16.8 Å². The van der Waals surface area contributed by atoms with Gasteiger partial charge in [0.05, 0.1) is 37.1 Å². The normalized spacial score (nSPS) is 11.0. The fourth-order valence-electron chi connectivity index (χ4n) is 2.75. The first-order valence-electron chi connectivity index (χ1n) is 9.28. The van der Waals surface area contributed by atoms with Crippen molar-refractivity contribution < 1.29 is 23.1 Å². The number of hydrogen-bond acceptors (Lipinski definition) is 10. The van der Waals surface area contributed by atoms with Gasteiger partial charge < -0.3 is 23.8 Å². The molecule has 0 fully saturated rings. The van der Waals surface area contributed by atoms with E-state index in [9.17, 15) is 4.57 Å². The second-order valence-corrected chi connectivity index (χ2v) is 8.83. The standard InChI is InChI=1S/C20H23ClN5O5P/c1-28-13-9-10-15(17(11-13)29-2)23-20-22-12-14(21)19(24-20)26-25-16-7-5-6-8-18(16)32(27,30-3)31-4/h5-12,25H,1-4H3,(H2,22,23,24,26). The minimum atomic E-state index is -3.48. The topological polar surface area (TPSA) is 116 Å². The first-order valence-corrected chi connectivity index (χ1v) is 11.2. The van der Waals surface area contributed by atoms with Gasteiger partial charge in [0.1, 0.15) is 16.5 Å². The summed E-state index contributed by atoms with van der Waals surface area (Å²) in [7, 11) is 2.29. The summed E-state index contributed by atoms with van der Waals surface area (Å²) in [5.41, 5.74) is 6.97. The number of nitrogens with one attached hydrogen (secondary N) is 3. The summed E-state index contributed by atoms with van der Waals surface area (Å²) in [6.45, 7) is 0. The number of para-hydroxylation sites is 1. The fraction of sp³-hybridized carbons (Fsp3) is 0.200. The van der Waals surface area contributed by atoms with Gasteiger partial charge in [0.25, 0.3) is 0 Å². The number of rotatable bonds is 10. The van der Waals surface area contributed by atoms with E-state index >= 15 is 0 Å². The van der Waals surface area contributed by atoms with Crippen LogP contribution in [0.5, 0.6) is 11.5 Å². The van der Waals surface area contributed by atoms with Crippen molar-refractivity contribution in [2.75, 3.05) is 44.6 Å². The van der Waals surface area contributed by atoms with Gasteiger partial charge in [0.2, 0.25) is 5.95 Å². The highest BCUT2D eigenvalue weighted by Gasteiger charge is 2.27. The number of halogens is 1. The Kier molecular flexibility index (Phi) is 7.76. The lowest BCUT2D eigenvalue weighted by atomic mass is 10.2. The van der Waals surface area contributed by atoms with Crippen molar-refractivity contribution in [3.63, 3.8) is 0 Å². The lowest BCUT2D eigenvalue weighted by molar-refractivity contribution is 0.287. The maximum atomic E-state index is 12.8. The van der Waals surface area contributed by atoms with Crippen LogP contribution in [-0.4, -0.2) is 38.4 Å². The molecule has 0 aliphatic heterocycles. The molecule has 1 aromatic heterocycles. The zero-order valence-corrected chi connectivity index (χ0v) is 19.5. The summed E-state index contributed by atoms with van der Waals surface area (Å²) in [6.07, 6.45) is 1.44. The highest BCUT2D eigenvalue weighted by molar-refractivity contribution is 7.62. The van der Waals surface area contributed by atoms with Crippen LogP contribution in [0.3, 0.4) is 0 Å². The van der Waals surface area contributed by atoms with Gasteiger partial charge in [0, 0.05) is 20.3 Å². The first kappa shape index (κ1) is 23.6. The quantitative estimate of drug-likeness (QED) is 0.284. The van der Waals surface area contributed by atoms with Crippen LogP contribution < -0.4 is 30.9 Å². The van der Waals surface area contributed by atoms with Gasteiger partial charge in [-0.1, -0.05) is 23.7 Å². The van der Waals surface area contributed by atoms with Crippen LogP contribution in [-0.2, 0) is 13.6 Å². The van der Waals surface area contributed by atoms with E-state index in [2.05, 4.69) is 26.1 Å². The number of benzene rings is 2. The molecule has 12 heteroatoms. The molecule has 0 unspecified atom stereocenters. The third kappa shape index (κ3) is 5.23. The van der Waals surface area contributed by atoms with Crippen LogP contribution >= 0.6 is 19.2 Å². The van der Waals surface area contributed by atoms with Gasteiger partial charge in [0.15, 0.2) is 5.82 Å². The van der Waals surface area contributed by atoms with E-state index in [0.29, 0.717) is 28.2 Å². The Labute approximate surface area is 190 Å². The Bertz CT molecular complexity index is 1130. The number of ether oxygens (including phenoxy) is 2. The Morgan fingerprint density at radius 3 is 2.38 bits per heavy atom. The van der Waals surface area contributed by atoms with Crippen molar-refractivity contribution in [3.8, 4) is 11.5 Å². The molecule has 0 saturated heterocycles. The first-order chi connectivity index (χ1) is 15.4. The second-order valence-electron chi connectivity index (χ2n) is 6.21. The van der Waals surface area contributed by atoms with E-state index in [0.717, 1.165) is 0 Å². The average molecular weight is 480 g/mol. The molecule has 170 valence electrons. The Hall–Kier alpha value is -3.04. The summed E-state index contributed by atoms with van der Waals surface area (Å²) < 4.78 is 33.6. The predicted octanol–water partition coefficient (Wildman–Crippen LogP) is 4.44. The van der Waals surface area contributed by atoms with Gasteiger partial charge in [-0.15, -0.1) is 0 Å². The van der Waals surface area contributed by atoms with E-state index in [1.807, 2.05) is 0 Å². The Morgan fingerprint density at radius 1 is 0.938 bits per heavy atom. The van der Waals surface area contributed by atoms with Gasteiger partial charge in [-0.05, 0) is 24.3 Å². The Morgan fingerprint density at radius 2 is 1.69 bits per heavy atom. The van der Waals surface area contributed by atoms with E-state index in [1.54, 1.807) is 56.7 Å². The summed E-state index contributed by atoms with van der Waals surface area (Å²) in [6, 6.07) is 12.2. The third-order valence-electron chi connectivity index (χ3n) is 4.39. The Balaban J connectivity index is 1.82. The van der Waals surface area contributed by atoms with Crippen LogP contribution in [0.4, 0.5) is 23.1 Å². The number of anilines is 4. The predicted molar refractivity (Wildman–Crippen MR) is 125 cm³/mol. The fourth-order valence-corrected chi connectivity index (χ4v) is 4.13. The van der Waals surface area contributed by atoms with Crippen LogP contribution in [0.1, 0.15) is 0 Å². The van der Waals surface area contributed by atoms with Gasteiger partial charge in [-0.3, -0.25) is 15.4 Å². The van der Waals surface area contributed by atoms with Gasteiger partial charge >= 0.3 is 7.60 Å². The van der Waals surface area contributed by atoms with Crippen LogP contribution in [0.25, 0.3) is 0 Å². The zero-order valence-electron chi connectivity index (χ0n) is 17.9. The summed E-state index contributed by atoms with van der Waals surface area (Å²) >= 11 is 6.25. The van der Waals surface area contributed by atoms with E-state index in [4.69, 9.17) is 30.1 Å². The molecule has 0 aliphatic carbocycles. The molecule has 2 aromatic carbocycles. The number of methoxy groups -OCH3 is 2. The molecular formula is C20H23ClN5O5P. The molecule has 0 saturated carbocycles. The maximum absolute atomic E-state index is 12.8. The molecule has 0 aliphatic rings. The highest BCUT2D eigenvalue weighted by atomic mass is 35.5. The molecule has 10 nitrogen and oxygen atoms in total. The van der Waals surface area contributed by atoms with Crippen molar-refractivity contribution in [2.45, 2.75) is 0 Å². The lowest BCUT2D eigenvalue weighted by Crippen LogP contribution is -2.19. The van der Waals surface area contributed by atoms with Crippen molar-refractivity contribution in [1.29, 1.82) is 0 Å².